The minimum atomic E-state index is -0.628. The largest absolute Gasteiger partial charge is 0.383 e. The van der Waals surface area contributed by atoms with Crippen molar-refractivity contribution >= 4 is 40.8 Å². The van der Waals surface area contributed by atoms with Gasteiger partial charge in [0.2, 0.25) is 5.91 Å². The van der Waals surface area contributed by atoms with E-state index in [0.717, 1.165) is 23.9 Å². The first-order valence-corrected chi connectivity index (χ1v) is 7.05. The standard InChI is InChI=1S/C12H10ClFN4O2S/c13-6-1-2-8(7(14)3-6)16-11(20)5-21-12-17-9(15)4-10(19)18-12/h1-4H,5H2,(H,16,20)(H3,15,17,18,19). The van der Waals surface area contributed by atoms with Crippen LogP contribution in [0.2, 0.25) is 5.02 Å². The molecule has 0 atom stereocenters. The summed E-state index contributed by atoms with van der Waals surface area (Å²) in [5, 5.41) is 2.84. The first-order chi connectivity index (χ1) is 9.94. The molecule has 0 aliphatic rings. The van der Waals surface area contributed by atoms with Crippen LogP contribution in [-0.4, -0.2) is 21.6 Å². The Morgan fingerprint density at radius 3 is 2.90 bits per heavy atom. The van der Waals surface area contributed by atoms with E-state index in [1.165, 1.54) is 12.1 Å². The first kappa shape index (κ1) is 15.3. The summed E-state index contributed by atoms with van der Waals surface area (Å²) in [5.74, 6) is -1.08. The van der Waals surface area contributed by atoms with Crippen LogP contribution in [-0.2, 0) is 4.79 Å². The summed E-state index contributed by atoms with van der Waals surface area (Å²) >= 11 is 6.59. The van der Waals surface area contributed by atoms with Gasteiger partial charge in [-0.25, -0.2) is 9.37 Å². The molecule has 0 saturated heterocycles. The summed E-state index contributed by atoms with van der Waals surface area (Å²) in [6.45, 7) is 0. The molecule has 0 radical (unpaired) electrons. The Hall–Kier alpha value is -2.06. The van der Waals surface area contributed by atoms with Crippen LogP contribution in [0.3, 0.4) is 0 Å². The molecule has 0 unspecified atom stereocenters. The Bertz CT molecular complexity index is 737. The second-order valence-corrected chi connectivity index (χ2v) is 5.34. The molecule has 0 bridgehead atoms. The second kappa shape index (κ2) is 6.59. The summed E-state index contributed by atoms with van der Waals surface area (Å²) < 4.78 is 13.5. The highest BCUT2D eigenvalue weighted by molar-refractivity contribution is 7.99. The number of benzene rings is 1. The topological polar surface area (TPSA) is 101 Å². The van der Waals surface area contributed by atoms with Crippen molar-refractivity contribution in [1.29, 1.82) is 0 Å². The molecule has 110 valence electrons. The highest BCUT2D eigenvalue weighted by Crippen LogP contribution is 2.19. The van der Waals surface area contributed by atoms with Crippen LogP contribution in [0.4, 0.5) is 15.9 Å². The van der Waals surface area contributed by atoms with Crippen molar-refractivity contribution in [3.05, 3.63) is 45.5 Å². The van der Waals surface area contributed by atoms with Crippen molar-refractivity contribution in [2.45, 2.75) is 5.16 Å². The van der Waals surface area contributed by atoms with E-state index in [4.69, 9.17) is 17.3 Å². The van der Waals surface area contributed by atoms with Gasteiger partial charge in [-0.2, -0.15) is 0 Å². The number of carbonyl (C=O) groups excluding carboxylic acids is 1. The Balaban J connectivity index is 1.97. The van der Waals surface area contributed by atoms with E-state index < -0.39 is 17.3 Å². The quantitative estimate of drug-likeness (QED) is 0.587. The number of hydrogen-bond donors (Lipinski definition) is 3. The Kier molecular flexibility index (Phi) is 4.81. The summed E-state index contributed by atoms with van der Waals surface area (Å²) in [6.07, 6.45) is 0. The van der Waals surface area contributed by atoms with Crippen molar-refractivity contribution < 1.29 is 9.18 Å². The monoisotopic (exact) mass is 328 g/mol. The van der Waals surface area contributed by atoms with Crippen LogP contribution >= 0.6 is 23.4 Å². The maximum Gasteiger partial charge on any atom is 0.253 e. The minimum Gasteiger partial charge on any atom is -0.383 e. The van der Waals surface area contributed by atoms with Crippen LogP contribution < -0.4 is 16.6 Å². The van der Waals surface area contributed by atoms with Gasteiger partial charge in [-0.15, -0.1) is 0 Å². The number of nitrogens with one attached hydrogen (secondary N) is 2. The molecule has 0 saturated carbocycles. The maximum absolute atomic E-state index is 13.5. The second-order valence-electron chi connectivity index (χ2n) is 3.94. The van der Waals surface area contributed by atoms with E-state index in [2.05, 4.69) is 15.3 Å². The van der Waals surface area contributed by atoms with Gasteiger partial charge in [-0.3, -0.25) is 9.59 Å². The fourth-order valence-electron chi connectivity index (χ4n) is 1.43. The zero-order chi connectivity index (χ0) is 15.4. The van der Waals surface area contributed by atoms with Gasteiger partial charge < -0.3 is 16.0 Å². The number of nitrogens with two attached hydrogens (primary N) is 1. The molecule has 1 heterocycles. The highest BCUT2D eigenvalue weighted by atomic mass is 35.5. The third-order valence-corrected chi connectivity index (χ3v) is 3.39. The summed E-state index contributed by atoms with van der Waals surface area (Å²) in [4.78, 5) is 29.2. The molecule has 21 heavy (non-hydrogen) atoms. The first-order valence-electron chi connectivity index (χ1n) is 5.68. The van der Waals surface area contributed by atoms with Crippen LogP contribution in [0.25, 0.3) is 0 Å². The Labute approximate surface area is 127 Å². The third-order valence-electron chi connectivity index (χ3n) is 2.28. The van der Waals surface area contributed by atoms with E-state index in [0.29, 0.717) is 0 Å². The molecule has 1 aromatic carbocycles. The third kappa shape index (κ3) is 4.47. The average Bonchev–Trinajstić information content (AvgIpc) is 2.39. The molecule has 9 heteroatoms. The molecule has 4 N–H and O–H groups in total. The molecule has 0 aliphatic carbocycles. The number of rotatable bonds is 4. The number of nitrogen functional groups attached to an aromatic ring is 1. The lowest BCUT2D eigenvalue weighted by Crippen LogP contribution is -2.16. The summed E-state index contributed by atoms with van der Waals surface area (Å²) in [5.41, 5.74) is 5.03. The molecule has 2 aromatic rings. The molecule has 1 aromatic heterocycles. The number of nitrogens with zero attached hydrogens (tertiary/aromatic N) is 1. The number of halogens is 2. The van der Waals surface area contributed by atoms with Gasteiger partial charge in [0.15, 0.2) is 5.16 Å². The van der Waals surface area contributed by atoms with E-state index in [-0.39, 0.29) is 27.4 Å². The maximum atomic E-state index is 13.5. The van der Waals surface area contributed by atoms with Crippen LogP contribution in [0.15, 0.2) is 34.2 Å². The number of carbonyl (C=O) groups is 1. The van der Waals surface area contributed by atoms with E-state index in [9.17, 15) is 14.0 Å². The van der Waals surface area contributed by atoms with Gasteiger partial charge in [-0.05, 0) is 18.2 Å². The number of aromatic nitrogens is 2. The van der Waals surface area contributed by atoms with Crippen molar-refractivity contribution in [3.8, 4) is 0 Å². The van der Waals surface area contributed by atoms with E-state index >= 15 is 0 Å². The lowest BCUT2D eigenvalue weighted by Gasteiger charge is -2.06. The molecule has 1 amide bonds. The molecule has 0 fully saturated rings. The minimum absolute atomic E-state index is 0.0269. The fraction of sp³-hybridized carbons (Fsp3) is 0.0833. The predicted molar refractivity (Wildman–Crippen MR) is 80.0 cm³/mol. The smallest absolute Gasteiger partial charge is 0.253 e. The van der Waals surface area contributed by atoms with Gasteiger partial charge in [0, 0.05) is 11.1 Å². The molecule has 0 aliphatic heterocycles. The van der Waals surface area contributed by atoms with Crippen LogP contribution in [0.5, 0.6) is 0 Å². The predicted octanol–water partition coefficient (Wildman–Crippen LogP) is 1.88. The van der Waals surface area contributed by atoms with E-state index in [1.807, 2.05) is 0 Å². The molecular weight excluding hydrogens is 319 g/mol. The molecule has 2 rings (SSSR count). The summed E-state index contributed by atoms with van der Waals surface area (Å²) in [7, 11) is 0. The van der Waals surface area contributed by atoms with Crippen molar-refractivity contribution in [2.24, 2.45) is 0 Å². The number of aromatic amines is 1. The lowest BCUT2D eigenvalue weighted by molar-refractivity contribution is -0.113. The van der Waals surface area contributed by atoms with Gasteiger partial charge in [0.05, 0.1) is 11.4 Å². The zero-order valence-electron chi connectivity index (χ0n) is 10.5. The van der Waals surface area contributed by atoms with Crippen molar-refractivity contribution in [1.82, 2.24) is 9.97 Å². The Morgan fingerprint density at radius 2 is 2.24 bits per heavy atom. The zero-order valence-corrected chi connectivity index (χ0v) is 12.1. The van der Waals surface area contributed by atoms with Gasteiger partial charge in [0.1, 0.15) is 11.6 Å². The fourth-order valence-corrected chi connectivity index (χ4v) is 2.27. The molecule has 0 spiro atoms. The van der Waals surface area contributed by atoms with Crippen molar-refractivity contribution in [2.75, 3.05) is 16.8 Å². The average molecular weight is 329 g/mol. The number of anilines is 2. The van der Waals surface area contributed by atoms with Gasteiger partial charge >= 0.3 is 0 Å². The number of H-pyrrole nitrogens is 1. The lowest BCUT2D eigenvalue weighted by atomic mass is 10.3. The number of amides is 1. The van der Waals surface area contributed by atoms with Gasteiger partial charge in [-0.1, -0.05) is 23.4 Å². The Morgan fingerprint density at radius 1 is 1.48 bits per heavy atom. The molecular formula is C12H10ClFN4O2S. The summed E-state index contributed by atoms with van der Waals surface area (Å²) in [6, 6.07) is 5.06. The number of thioether (sulfide) groups is 1. The highest BCUT2D eigenvalue weighted by Gasteiger charge is 2.09. The SMILES string of the molecule is Nc1cc(=O)[nH]c(SCC(=O)Nc2ccc(Cl)cc2F)n1. The van der Waals surface area contributed by atoms with Crippen LogP contribution in [0.1, 0.15) is 0 Å². The van der Waals surface area contributed by atoms with Crippen LogP contribution in [0, 0.1) is 5.82 Å². The normalized spacial score (nSPS) is 10.4. The van der Waals surface area contributed by atoms with Crippen molar-refractivity contribution in [3.63, 3.8) is 0 Å². The number of hydrogen-bond acceptors (Lipinski definition) is 5. The van der Waals surface area contributed by atoms with E-state index in [1.54, 1.807) is 0 Å². The molecule has 6 nitrogen and oxygen atoms in total. The van der Waals surface area contributed by atoms with Gasteiger partial charge in [0.25, 0.3) is 5.56 Å².